The molecule has 0 unspecified atom stereocenters. The second-order valence-corrected chi connectivity index (χ2v) is 7.70. The average molecular weight is 536 g/mol. The van der Waals surface area contributed by atoms with Gasteiger partial charge in [0.05, 0.1) is 18.4 Å². The molecule has 1 amide bonds. The molecule has 0 atom stereocenters. The minimum absolute atomic E-state index is 0.124. The highest BCUT2D eigenvalue weighted by Crippen LogP contribution is 2.29. The summed E-state index contributed by atoms with van der Waals surface area (Å²) in [5, 5.41) is 4.11. The Bertz CT molecular complexity index is 1040. The normalized spacial score (nSPS) is 10.8. The number of carbonyl (C=O) groups excluding carboxylic acids is 1. The molecule has 0 fully saturated rings. The Morgan fingerprint density at radius 1 is 1.17 bits per heavy atom. The Morgan fingerprint density at radius 3 is 2.70 bits per heavy atom. The molecule has 1 heterocycles. The molecule has 0 saturated carbocycles. The van der Waals surface area contributed by atoms with Crippen LogP contribution in [0.3, 0.4) is 0 Å². The van der Waals surface area contributed by atoms with Gasteiger partial charge in [0.1, 0.15) is 11.8 Å². The molecule has 1 N–H and O–H groups in total. The van der Waals surface area contributed by atoms with E-state index in [4.69, 9.17) is 21.1 Å². The van der Waals surface area contributed by atoms with Crippen LogP contribution in [0, 0.1) is 3.57 Å². The maximum atomic E-state index is 12.1. The third kappa shape index (κ3) is 6.17. The molecule has 2 aromatic carbocycles. The largest absolute Gasteiger partial charge is 0.490 e. The molecule has 3 rings (SSSR count). The topological polar surface area (TPSA) is 72.8 Å². The van der Waals surface area contributed by atoms with Crippen LogP contribution in [0.25, 0.3) is 0 Å². The van der Waals surface area contributed by atoms with Crippen molar-refractivity contribution in [3.05, 3.63) is 86.2 Å². The van der Waals surface area contributed by atoms with Crippen LogP contribution in [0.1, 0.15) is 28.4 Å². The predicted octanol–water partition coefficient (Wildman–Crippen LogP) is 5.08. The Labute approximate surface area is 193 Å². The predicted molar refractivity (Wildman–Crippen MR) is 125 cm³/mol. The Balaban J connectivity index is 1.66. The van der Waals surface area contributed by atoms with Crippen molar-refractivity contribution in [3.63, 3.8) is 0 Å². The van der Waals surface area contributed by atoms with Crippen LogP contribution >= 0.6 is 34.2 Å². The fourth-order valence-corrected chi connectivity index (χ4v) is 3.08. The summed E-state index contributed by atoms with van der Waals surface area (Å²) >= 11 is 8.18. The molecule has 0 spiro atoms. The number of aromatic nitrogens is 1. The standard InChI is InChI=1S/C22H19ClIN3O3/c1-2-29-20-12-16(13-26-27-22(28)18-4-3-11-25-21(18)23)7-10-19(20)30-14-15-5-8-17(24)9-6-15/h3-13H,2,14H2,1H3,(H,27,28). The fourth-order valence-electron chi connectivity index (χ4n) is 2.52. The zero-order valence-electron chi connectivity index (χ0n) is 16.1. The van der Waals surface area contributed by atoms with Gasteiger partial charge in [-0.15, -0.1) is 0 Å². The number of pyridine rings is 1. The number of carbonyl (C=O) groups is 1. The van der Waals surface area contributed by atoms with E-state index in [2.05, 4.69) is 38.1 Å². The van der Waals surface area contributed by atoms with Crippen molar-refractivity contribution in [1.82, 2.24) is 10.4 Å². The van der Waals surface area contributed by atoms with E-state index in [0.717, 1.165) is 11.1 Å². The van der Waals surface area contributed by atoms with Gasteiger partial charge >= 0.3 is 0 Å². The van der Waals surface area contributed by atoms with Crippen LogP contribution in [0.2, 0.25) is 5.15 Å². The van der Waals surface area contributed by atoms with Crippen molar-refractivity contribution in [3.8, 4) is 11.5 Å². The highest BCUT2D eigenvalue weighted by Gasteiger charge is 2.10. The summed E-state index contributed by atoms with van der Waals surface area (Å²) in [6.07, 6.45) is 3.04. The van der Waals surface area contributed by atoms with Crippen molar-refractivity contribution in [2.75, 3.05) is 6.61 Å². The number of benzene rings is 2. The van der Waals surface area contributed by atoms with Crippen LogP contribution in [0.5, 0.6) is 11.5 Å². The van der Waals surface area contributed by atoms with Gasteiger partial charge < -0.3 is 9.47 Å². The number of rotatable bonds is 8. The smallest absolute Gasteiger partial charge is 0.274 e. The van der Waals surface area contributed by atoms with E-state index < -0.39 is 5.91 Å². The van der Waals surface area contributed by atoms with Crippen LogP contribution < -0.4 is 14.9 Å². The van der Waals surface area contributed by atoms with E-state index in [0.29, 0.717) is 24.7 Å². The highest BCUT2D eigenvalue weighted by atomic mass is 127. The van der Waals surface area contributed by atoms with Gasteiger partial charge in [0.15, 0.2) is 11.5 Å². The van der Waals surface area contributed by atoms with Gasteiger partial charge in [-0.05, 0) is 83.1 Å². The Hall–Kier alpha value is -2.65. The monoisotopic (exact) mass is 535 g/mol. The van der Waals surface area contributed by atoms with Crippen LogP contribution in [0.4, 0.5) is 0 Å². The summed E-state index contributed by atoms with van der Waals surface area (Å²) in [6, 6.07) is 16.8. The van der Waals surface area contributed by atoms with E-state index in [-0.39, 0.29) is 10.7 Å². The zero-order chi connectivity index (χ0) is 21.3. The van der Waals surface area contributed by atoms with Crippen molar-refractivity contribution in [2.45, 2.75) is 13.5 Å². The van der Waals surface area contributed by atoms with Gasteiger partial charge in [0, 0.05) is 9.77 Å². The molecule has 0 aliphatic heterocycles. The van der Waals surface area contributed by atoms with Gasteiger partial charge in [0.2, 0.25) is 0 Å². The summed E-state index contributed by atoms with van der Waals surface area (Å²) in [6.45, 7) is 2.84. The summed E-state index contributed by atoms with van der Waals surface area (Å²) in [5.74, 6) is 0.805. The molecule has 6 nitrogen and oxygen atoms in total. The first kappa shape index (κ1) is 22.0. The van der Waals surface area contributed by atoms with Gasteiger partial charge in [0.25, 0.3) is 5.91 Å². The van der Waals surface area contributed by atoms with Crippen molar-refractivity contribution in [2.24, 2.45) is 5.10 Å². The van der Waals surface area contributed by atoms with Crippen LogP contribution in [-0.2, 0) is 6.61 Å². The summed E-state index contributed by atoms with van der Waals surface area (Å²) in [5.41, 5.74) is 4.51. The van der Waals surface area contributed by atoms with Gasteiger partial charge in [-0.1, -0.05) is 23.7 Å². The molecule has 0 aliphatic rings. The summed E-state index contributed by atoms with van der Waals surface area (Å²) in [7, 11) is 0. The molecule has 1 aromatic heterocycles. The lowest BCUT2D eigenvalue weighted by Crippen LogP contribution is -2.18. The van der Waals surface area contributed by atoms with Crippen molar-refractivity contribution < 1.29 is 14.3 Å². The maximum absolute atomic E-state index is 12.1. The molecular formula is C22H19ClIN3O3. The van der Waals surface area contributed by atoms with Crippen molar-refractivity contribution >= 4 is 46.3 Å². The number of nitrogens with zero attached hydrogens (tertiary/aromatic N) is 2. The molecule has 0 radical (unpaired) electrons. The number of amides is 1. The molecule has 8 heteroatoms. The molecule has 0 bridgehead atoms. The molecule has 0 saturated heterocycles. The third-order valence-corrected chi connectivity index (χ3v) is 4.98. The minimum atomic E-state index is -0.438. The number of hydrazone groups is 1. The zero-order valence-corrected chi connectivity index (χ0v) is 19.1. The molecule has 3 aromatic rings. The summed E-state index contributed by atoms with van der Waals surface area (Å²) in [4.78, 5) is 16.0. The average Bonchev–Trinajstić information content (AvgIpc) is 2.75. The van der Waals surface area contributed by atoms with E-state index in [9.17, 15) is 4.79 Å². The first-order valence-corrected chi connectivity index (χ1v) is 10.6. The lowest BCUT2D eigenvalue weighted by Gasteiger charge is -2.12. The Kier molecular flexibility index (Phi) is 8.04. The lowest BCUT2D eigenvalue weighted by atomic mass is 10.2. The van der Waals surface area contributed by atoms with Crippen LogP contribution in [-0.4, -0.2) is 23.7 Å². The van der Waals surface area contributed by atoms with E-state index in [1.807, 2.05) is 43.3 Å². The molecule has 0 aliphatic carbocycles. The number of hydrogen-bond acceptors (Lipinski definition) is 5. The number of ether oxygens (including phenoxy) is 2. The second-order valence-electron chi connectivity index (χ2n) is 6.10. The first-order valence-electron chi connectivity index (χ1n) is 9.15. The molecule has 30 heavy (non-hydrogen) atoms. The lowest BCUT2D eigenvalue weighted by molar-refractivity contribution is 0.0955. The third-order valence-electron chi connectivity index (χ3n) is 3.96. The SMILES string of the molecule is CCOc1cc(C=NNC(=O)c2cccnc2Cl)ccc1OCc1ccc(I)cc1. The van der Waals surface area contributed by atoms with Gasteiger partial charge in [-0.25, -0.2) is 10.4 Å². The van der Waals surface area contributed by atoms with Crippen molar-refractivity contribution in [1.29, 1.82) is 0 Å². The van der Waals surface area contributed by atoms with E-state index in [1.54, 1.807) is 18.2 Å². The number of hydrogen-bond donors (Lipinski definition) is 1. The van der Waals surface area contributed by atoms with E-state index in [1.165, 1.54) is 16.0 Å². The maximum Gasteiger partial charge on any atom is 0.274 e. The number of nitrogens with one attached hydrogen (secondary N) is 1. The van der Waals surface area contributed by atoms with Crippen LogP contribution in [0.15, 0.2) is 65.9 Å². The fraction of sp³-hybridized carbons (Fsp3) is 0.136. The quantitative estimate of drug-likeness (QED) is 0.189. The van der Waals surface area contributed by atoms with Gasteiger partial charge in [-0.3, -0.25) is 4.79 Å². The minimum Gasteiger partial charge on any atom is -0.490 e. The van der Waals surface area contributed by atoms with E-state index >= 15 is 0 Å². The first-order chi connectivity index (χ1) is 14.6. The number of halogens is 2. The Morgan fingerprint density at radius 2 is 1.97 bits per heavy atom. The second kappa shape index (κ2) is 10.9. The van der Waals surface area contributed by atoms with Gasteiger partial charge in [-0.2, -0.15) is 5.10 Å². The molecular weight excluding hydrogens is 517 g/mol. The molecule has 154 valence electrons. The highest BCUT2D eigenvalue weighted by molar-refractivity contribution is 14.1. The summed E-state index contributed by atoms with van der Waals surface area (Å²) < 4.78 is 12.8.